The van der Waals surface area contributed by atoms with Gasteiger partial charge in [-0.05, 0) is 42.4 Å². The standard InChI is InChI=1S/C13H21NO2S/c1-9(2)11-5-4-10(3)6-12(11)16-13(15)7-17-8-14/h9-12H,4-7H2,1-3H3. The second-order valence-corrected chi connectivity index (χ2v) is 5.99. The maximum absolute atomic E-state index is 11.6. The minimum absolute atomic E-state index is 0.0468. The summed E-state index contributed by atoms with van der Waals surface area (Å²) in [5, 5.41) is 10.3. The van der Waals surface area contributed by atoms with Gasteiger partial charge in [0.1, 0.15) is 17.3 Å². The number of esters is 1. The van der Waals surface area contributed by atoms with Crippen molar-refractivity contribution in [1.29, 1.82) is 5.26 Å². The molecule has 0 heterocycles. The fourth-order valence-electron chi connectivity index (χ4n) is 2.54. The van der Waals surface area contributed by atoms with E-state index in [2.05, 4.69) is 20.8 Å². The monoisotopic (exact) mass is 255 g/mol. The summed E-state index contributed by atoms with van der Waals surface area (Å²) in [6.07, 6.45) is 3.38. The summed E-state index contributed by atoms with van der Waals surface area (Å²) in [5.41, 5.74) is 0. The van der Waals surface area contributed by atoms with Gasteiger partial charge in [0.05, 0.1) is 0 Å². The van der Waals surface area contributed by atoms with E-state index >= 15 is 0 Å². The maximum Gasteiger partial charge on any atom is 0.317 e. The molecule has 0 aromatic rings. The minimum atomic E-state index is -0.249. The normalized spacial score (nSPS) is 28.8. The van der Waals surface area contributed by atoms with Gasteiger partial charge < -0.3 is 4.74 Å². The van der Waals surface area contributed by atoms with Crippen LogP contribution in [0.2, 0.25) is 0 Å². The highest BCUT2D eigenvalue weighted by atomic mass is 32.2. The highest BCUT2D eigenvalue weighted by molar-refractivity contribution is 8.04. The van der Waals surface area contributed by atoms with Gasteiger partial charge in [0.2, 0.25) is 0 Å². The molecule has 1 aliphatic carbocycles. The smallest absolute Gasteiger partial charge is 0.317 e. The summed E-state index contributed by atoms with van der Waals surface area (Å²) in [6.45, 7) is 6.58. The zero-order valence-electron chi connectivity index (χ0n) is 10.8. The Morgan fingerprint density at radius 3 is 2.82 bits per heavy atom. The van der Waals surface area contributed by atoms with Crippen molar-refractivity contribution >= 4 is 17.7 Å². The summed E-state index contributed by atoms with van der Waals surface area (Å²) >= 11 is 0.946. The summed E-state index contributed by atoms with van der Waals surface area (Å²) in [7, 11) is 0. The Hall–Kier alpha value is -0.690. The number of rotatable bonds is 4. The van der Waals surface area contributed by atoms with Gasteiger partial charge in [-0.1, -0.05) is 27.2 Å². The predicted octanol–water partition coefficient (Wildman–Crippen LogP) is 3.20. The molecule has 1 rings (SSSR count). The summed E-state index contributed by atoms with van der Waals surface area (Å²) in [6, 6.07) is 0. The summed E-state index contributed by atoms with van der Waals surface area (Å²) in [5.74, 6) is 1.55. The van der Waals surface area contributed by atoms with Crippen LogP contribution >= 0.6 is 11.8 Å². The van der Waals surface area contributed by atoms with Crippen molar-refractivity contribution in [3.8, 4) is 5.40 Å². The van der Waals surface area contributed by atoms with Crippen LogP contribution in [0.15, 0.2) is 0 Å². The first-order valence-corrected chi connectivity index (χ1v) is 7.23. The Balaban J connectivity index is 2.52. The highest BCUT2D eigenvalue weighted by Crippen LogP contribution is 2.35. The molecule has 0 N–H and O–H groups in total. The lowest BCUT2D eigenvalue weighted by atomic mass is 9.75. The zero-order valence-corrected chi connectivity index (χ0v) is 11.6. The van der Waals surface area contributed by atoms with Gasteiger partial charge in [-0.3, -0.25) is 4.79 Å². The van der Waals surface area contributed by atoms with Crippen molar-refractivity contribution in [2.24, 2.45) is 17.8 Å². The number of nitriles is 1. The molecule has 96 valence electrons. The maximum atomic E-state index is 11.6. The molecule has 1 saturated carbocycles. The fourth-order valence-corrected chi connectivity index (χ4v) is 2.79. The van der Waals surface area contributed by atoms with Gasteiger partial charge in [0.25, 0.3) is 0 Å². The van der Waals surface area contributed by atoms with Crippen molar-refractivity contribution in [2.45, 2.75) is 46.1 Å². The zero-order chi connectivity index (χ0) is 12.8. The first-order chi connectivity index (χ1) is 8.04. The van der Waals surface area contributed by atoms with Crippen LogP contribution in [-0.4, -0.2) is 17.8 Å². The van der Waals surface area contributed by atoms with E-state index in [9.17, 15) is 4.79 Å². The number of carbonyl (C=O) groups is 1. The van der Waals surface area contributed by atoms with Crippen LogP contribution in [-0.2, 0) is 9.53 Å². The Labute approximate surface area is 108 Å². The topological polar surface area (TPSA) is 50.1 Å². The molecular weight excluding hydrogens is 234 g/mol. The fraction of sp³-hybridized carbons (Fsp3) is 0.846. The average Bonchev–Trinajstić information content (AvgIpc) is 2.26. The van der Waals surface area contributed by atoms with Gasteiger partial charge in [-0.25, -0.2) is 0 Å². The van der Waals surface area contributed by atoms with Crippen LogP contribution < -0.4 is 0 Å². The van der Waals surface area contributed by atoms with E-state index in [0.29, 0.717) is 17.8 Å². The number of nitrogens with zero attached hydrogens (tertiary/aromatic N) is 1. The number of thioether (sulfide) groups is 1. The molecule has 1 aliphatic rings. The molecule has 0 saturated heterocycles. The van der Waals surface area contributed by atoms with E-state index < -0.39 is 0 Å². The third-order valence-electron chi connectivity index (χ3n) is 3.50. The lowest BCUT2D eigenvalue weighted by molar-refractivity contribution is -0.152. The van der Waals surface area contributed by atoms with E-state index in [0.717, 1.165) is 24.6 Å². The molecule has 0 aromatic heterocycles. The van der Waals surface area contributed by atoms with Gasteiger partial charge in [-0.15, -0.1) is 0 Å². The number of thiocyanates is 1. The summed E-state index contributed by atoms with van der Waals surface area (Å²) < 4.78 is 5.53. The van der Waals surface area contributed by atoms with Crippen LogP contribution in [0.25, 0.3) is 0 Å². The van der Waals surface area contributed by atoms with Crippen molar-refractivity contribution in [2.75, 3.05) is 5.75 Å². The van der Waals surface area contributed by atoms with Crippen molar-refractivity contribution in [1.82, 2.24) is 0 Å². The van der Waals surface area contributed by atoms with Gasteiger partial charge in [0, 0.05) is 0 Å². The Morgan fingerprint density at radius 2 is 2.24 bits per heavy atom. The molecule has 0 aliphatic heterocycles. The van der Waals surface area contributed by atoms with Crippen LogP contribution in [0.4, 0.5) is 0 Å². The Kier molecular flexibility index (Phi) is 5.84. The lowest BCUT2D eigenvalue weighted by Gasteiger charge is -2.36. The third kappa shape index (κ3) is 4.59. The molecular formula is C13H21NO2S. The number of ether oxygens (including phenoxy) is 1. The van der Waals surface area contributed by atoms with Gasteiger partial charge in [0.15, 0.2) is 0 Å². The molecule has 1 fully saturated rings. The van der Waals surface area contributed by atoms with Crippen LogP contribution in [0.5, 0.6) is 0 Å². The quantitative estimate of drug-likeness (QED) is 0.572. The molecule has 3 unspecified atom stereocenters. The second kappa shape index (κ2) is 6.90. The minimum Gasteiger partial charge on any atom is -0.461 e. The van der Waals surface area contributed by atoms with E-state index in [1.807, 2.05) is 5.40 Å². The molecule has 0 aromatic carbocycles. The summed E-state index contributed by atoms with van der Waals surface area (Å²) in [4.78, 5) is 11.6. The largest absolute Gasteiger partial charge is 0.461 e. The molecule has 0 bridgehead atoms. The van der Waals surface area contributed by atoms with E-state index in [4.69, 9.17) is 10.00 Å². The van der Waals surface area contributed by atoms with E-state index in [-0.39, 0.29) is 17.8 Å². The number of hydrogen-bond donors (Lipinski definition) is 0. The molecule has 0 radical (unpaired) electrons. The van der Waals surface area contributed by atoms with E-state index in [1.165, 1.54) is 6.42 Å². The van der Waals surface area contributed by atoms with Crippen molar-refractivity contribution < 1.29 is 9.53 Å². The second-order valence-electron chi connectivity index (χ2n) is 5.23. The SMILES string of the molecule is CC1CCC(C(C)C)C(OC(=O)CSC#N)C1. The van der Waals surface area contributed by atoms with Crippen LogP contribution in [0.1, 0.15) is 40.0 Å². The average molecular weight is 255 g/mol. The molecule has 3 nitrogen and oxygen atoms in total. The molecule has 4 heteroatoms. The Morgan fingerprint density at radius 1 is 1.53 bits per heavy atom. The van der Waals surface area contributed by atoms with E-state index in [1.54, 1.807) is 0 Å². The highest BCUT2D eigenvalue weighted by Gasteiger charge is 2.33. The molecule has 0 amide bonds. The third-order valence-corrected chi connectivity index (χ3v) is 4.01. The lowest BCUT2D eigenvalue weighted by Crippen LogP contribution is -2.36. The Bertz CT molecular complexity index is 298. The van der Waals surface area contributed by atoms with Crippen LogP contribution in [0, 0.1) is 28.4 Å². The molecule has 3 atom stereocenters. The molecule has 17 heavy (non-hydrogen) atoms. The van der Waals surface area contributed by atoms with Crippen LogP contribution in [0.3, 0.4) is 0 Å². The van der Waals surface area contributed by atoms with Gasteiger partial charge >= 0.3 is 5.97 Å². The van der Waals surface area contributed by atoms with Crippen molar-refractivity contribution in [3.63, 3.8) is 0 Å². The first-order valence-electron chi connectivity index (χ1n) is 6.25. The number of hydrogen-bond acceptors (Lipinski definition) is 4. The van der Waals surface area contributed by atoms with Gasteiger partial charge in [-0.2, -0.15) is 5.26 Å². The van der Waals surface area contributed by atoms with Crippen molar-refractivity contribution in [3.05, 3.63) is 0 Å². The first kappa shape index (κ1) is 14.4. The predicted molar refractivity (Wildman–Crippen MR) is 69.3 cm³/mol. The number of carbonyl (C=O) groups excluding carboxylic acids is 1. The molecule has 0 spiro atoms.